The molecule has 0 radical (unpaired) electrons. The lowest BCUT2D eigenvalue weighted by atomic mass is 9.72. The smallest absolute Gasteiger partial charge is 0.303 e. The zero-order chi connectivity index (χ0) is 10.6. The van der Waals surface area contributed by atoms with Gasteiger partial charge >= 0.3 is 5.97 Å². The second kappa shape index (κ2) is 4.58. The summed E-state index contributed by atoms with van der Waals surface area (Å²) in [6, 6.07) is 0. The third kappa shape index (κ3) is 2.82. The molecular weight excluding hydrogens is 180 g/mol. The Morgan fingerprint density at radius 2 is 1.71 bits per heavy atom. The lowest BCUT2D eigenvalue weighted by Gasteiger charge is -2.31. The van der Waals surface area contributed by atoms with Crippen LogP contribution < -0.4 is 0 Å². The van der Waals surface area contributed by atoms with E-state index in [4.69, 9.17) is 5.11 Å². The van der Waals surface area contributed by atoms with Crippen molar-refractivity contribution in [2.75, 3.05) is 0 Å². The number of ketones is 1. The van der Waals surface area contributed by atoms with E-state index in [1.807, 2.05) is 6.92 Å². The third-order valence-corrected chi connectivity index (χ3v) is 3.20. The van der Waals surface area contributed by atoms with Crippen molar-refractivity contribution in [3.8, 4) is 0 Å². The van der Waals surface area contributed by atoms with Gasteiger partial charge in [-0.2, -0.15) is 0 Å². The molecule has 1 aliphatic rings. The molecule has 14 heavy (non-hydrogen) atoms. The molecule has 0 saturated heterocycles. The fourth-order valence-electron chi connectivity index (χ4n) is 2.13. The standard InChI is InChI=1S/C11H18O3/c1-11(7-3-2-4-8-11)9(12)5-6-10(13)14/h2-8H2,1H3,(H,13,14). The minimum atomic E-state index is -0.877. The van der Waals surface area contributed by atoms with Crippen LogP contribution in [0, 0.1) is 5.41 Å². The highest BCUT2D eigenvalue weighted by Gasteiger charge is 2.33. The van der Waals surface area contributed by atoms with Gasteiger partial charge in [-0.1, -0.05) is 26.2 Å². The van der Waals surface area contributed by atoms with Crippen LogP contribution in [0.3, 0.4) is 0 Å². The minimum Gasteiger partial charge on any atom is -0.481 e. The number of Topliss-reactive ketones (excluding diaryl/α,β-unsaturated/α-hetero) is 1. The van der Waals surface area contributed by atoms with Crippen molar-refractivity contribution in [1.82, 2.24) is 0 Å². The first-order valence-electron chi connectivity index (χ1n) is 5.30. The van der Waals surface area contributed by atoms with Crippen molar-refractivity contribution in [2.45, 2.75) is 51.9 Å². The van der Waals surface area contributed by atoms with Crippen molar-refractivity contribution in [3.63, 3.8) is 0 Å². The maximum atomic E-state index is 11.8. The van der Waals surface area contributed by atoms with Crippen molar-refractivity contribution in [1.29, 1.82) is 0 Å². The Bertz CT molecular complexity index is 227. The lowest BCUT2D eigenvalue weighted by Crippen LogP contribution is -2.30. The van der Waals surface area contributed by atoms with E-state index in [1.165, 1.54) is 6.42 Å². The number of hydrogen-bond donors (Lipinski definition) is 1. The Kier molecular flexibility index (Phi) is 3.67. The molecule has 3 heteroatoms. The van der Waals surface area contributed by atoms with E-state index in [0.29, 0.717) is 0 Å². The Hall–Kier alpha value is -0.860. The van der Waals surface area contributed by atoms with Crippen LogP contribution in [0.25, 0.3) is 0 Å². The molecule has 1 saturated carbocycles. The van der Waals surface area contributed by atoms with Gasteiger partial charge in [-0.15, -0.1) is 0 Å². The predicted molar refractivity (Wildman–Crippen MR) is 53.1 cm³/mol. The molecule has 0 aromatic heterocycles. The Balaban J connectivity index is 2.45. The summed E-state index contributed by atoms with van der Waals surface area (Å²) in [7, 11) is 0. The van der Waals surface area contributed by atoms with Crippen LogP contribution in [-0.2, 0) is 9.59 Å². The zero-order valence-electron chi connectivity index (χ0n) is 8.71. The molecule has 80 valence electrons. The van der Waals surface area contributed by atoms with E-state index < -0.39 is 5.97 Å². The van der Waals surface area contributed by atoms with Crippen LogP contribution in [0.2, 0.25) is 0 Å². The summed E-state index contributed by atoms with van der Waals surface area (Å²) < 4.78 is 0. The Morgan fingerprint density at radius 3 is 2.21 bits per heavy atom. The van der Waals surface area contributed by atoms with E-state index in [2.05, 4.69) is 0 Å². The predicted octanol–water partition coefficient (Wildman–Crippen LogP) is 2.39. The molecule has 0 bridgehead atoms. The quantitative estimate of drug-likeness (QED) is 0.754. The number of carboxylic acid groups (broad SMARTS) is 1. The molecule has 1 N–H and O–H groups in total. The first kappa shape index (κ1) is 11.2. The van der Waals surface area contributed by atoms with Crippen molar-refractivity contribution in [3.05, 3.63) is 0 Å². The largest absolute Gasteiger partial charge is 0.481 e. The molecule has 3 nitrogen and oxygen atoms in total. The van der Waals surface area contributed by atoms with Crippen LogP contribution in [-0.4, -0.2) is 16.9 Å². The molecule has 0 aromatic carbocycles. The van der Waals surface area contributed by atoms with Crippen LogP contribution in [0.1, 0.15) is 51.9 Å². The molecule has 0 atom stereocenters. The maximum Gasteiger partial charge on any atom is 0.303 e. The molecule has 0 aliphatic heterocycles. The van der Waals surface area contributed by atoms with Gasteiger partial charge in [-0.3, -0.25) is 9.59 Å². The molecule has 0 spiro atoms. The summed E-state index contributed by atoms with van der Waals surface area (Å²) in [5.41, 5.74) is -0.228. The zero-order valence-corrected chi connectivity index (χ0v) is 8.71. The van der Waals surface area contributed by atoms with Gasteiger partial charge in [-0.05, 0) is 12.8 Å². The normalized spacial score (nSPS) is 20.4. The highest BCUT2D eigenvalue weighted by Crippen LogP contribution is 2.37. The topological polar surface area (TPSA) is 54.4 Å². The van der Waals surface area contributed by atoms with Gasteiger partial charge in [0, 0.05) is 11.8 Å². The molecule has 1 fully saturated rings. The SMILES string of the molecule is CC1(C(=O)CCC(=O)O)CCCCC1. The molecule has 0 heterocycles. The van der Waals surface area contributed by atoms with Gasteiger partial charge in [0.1, 0.15) is 5.78 Å². The van der Waals surface area contributed by atoms with E-state index in [0.717, 1.165) is 25.7 Å². The van der Waals surface area contributed by atoms with E-state index >= 15 is 0 Å². The summed E-state index contributed by atoms with van der Waals surface area (Å²) in [5, 5.41) is 8.49. The van der Waals surface area contributed by atoms with Crippen LogP contribution in [0.4, 0.5) is 0 Å². The van der Waals surface area contributed by atoms with Crippen LogP contribution in [0.15, 0.2) is 0 Å². The number of rotatable bonds is 4. The van der Waals surface area contributed by atoms with E-state index in [9.17, 15) is 9.59 Å². The fourth-order valence-corrected chi connectivity index (χ4v) is 2.13. The summed E-state index contributed by atoms with van der Waals surface area (Å²) in [6.07, 6.45) is 5.48. The number of hydrogen-bond acceptors (Lipinski definition) is 2. The summed E-state index contributed by atoms with van der Waals surface area (Å²) in [4.78, 5) is 22.1. The molecule has 1 rings (SSSR count). The van der Waals surface area contributed by atoms with Crippen molar-refractivity contribution >= 4 is 11.8 Å². The average molecular weight is 198 g/mol. The van der Waals surface area contributed by atoms with Gasteiger partial charge < -0.3 is 5.11 Å². The first-order chi connectivity index (χ1) is 6.54. The number of carbonyl (C=O) groups is 2. The highest BCUT2D eigenvalue weighted by molar-refractivity contribution is 5.87. The molecule has 0 aromatic rings. The van der Waals surface area contributed by atoms with Crippen LogP contribution >= 0.6 is 0 Å². The monoisotopic (exact) mass is 198 g/mol. The fraction of sp³-hybridized carbons (Fsp3) is 0.818. The third-order valence-electron chi connectivity index (χ3n) is 3.20. The second-order valence-electron chi connectivity index (χ2n) is 4.44. The van der Waals surface area contributed by atoms with Gasteiger partial charge in [0.05, 0.1) is 6.42 Å². The summed E-state index contributed by atoms with van der Waals surface area (Å²) in [6.45, 7) is 1.98. The second-order valence-corrected chi connectivity index (χ2v) is 4.44. The molecule has 0 amide bonds. The maximum absolute atomic E-state index is 11.8. The van der Waals surface area contributed by atoms with Gasteiger partial charge in [0.15, 0.2) is 0 Å². The number of carbonyl (C=O) groups excluding carboxylic acids is 1. The van der Waals surface area contributed by atoms with Gasteiger partial charge in [0.2, 0.25) is 0 Å². The van der Waals surface area contributed by atoms with Gasteiger partial charge in [0.25, 0.3) is 0 Å². The highest BCUT2D eigenvalue weighted by atomic mass is 16.4. The molecular formula is C11H18O3. The molecule has 0 unspecified atom stereocenters. The average Bonchev–Trinajstić information content (AvgIpc) is 2.15. The van der Waals surface area contributed by atoms with Crippen molar-refractivity contribution in [2.24, 2.45) is 5.41 Å². The van der Waals surface area contributed by atoms with Crippen molar-refractivity contribution < 1.29 is 14.7 Å². The summed E-state index contributed by atoms with van der Waals surface area (Å²) in [5.74, 6) is -0.739. The number of carboxylic acids is 1. The minimum absolute atomic E-state index is 0.0194. The molecule has 1 aliphatic carbocycles. The number of aliphatic carboxylic acids is 1. The Morgan fingerprint density at radius 1 is 1.14 bits per heavy atom. The summed E-state index contributed by atoms with van der Waals surface area (Å²) >= 11 is 0. The van der Waals surface area contributed by atoms with Gasteiger partial charge in [-0.25, -0.2) is 0 Å². The first-order valence-corrected chi connectivity index (χ1v) is 5.30. The van der Waals surface area contributed by atoms with Crippen LogP contribution in [0.5, 0.6) is 0 Å². The van der Waals surface area contributed by atoms with E-state index in [-0.39, 0.29) is 24.0 Å². The van der Waals surface area contributed by atoms with E-state index in [1.54, 1.807) is 0 Å². The lowest BCUT2D eigenvalue weighted by molar-refractivity contribution is -0.140. The Labute approximate surface area is 84.5 Å².